The van der Waals surface area contributed by atoms with E-state index in [1.54, 1.807) is 16.4 Å². The highest BCUT2D eigenvalue weighted by molar-refractivity contribution is 7.99. The number of nitrogens with zero attached hydrogens (tertiary/aromatic N) is 3. The molecule has 0 spiro atoms. The summed E-state index contributed by atoms with van der Waals surface area (Å²) in [6, 6.07) is 2.16. The number of aliphatic carboxylic acids is 1. The van der Waals surface area contributed by atoms with Crippen molar-refractivity contribution in [3.63, 3.8) is 0 Å². The van der Waals surface area contributed by atoms with E-state index in [1.807, 2.05) is 14.0 Å². The van der Waals surface area contributed by atoms with Gasteiger partial charge in [0.2, 0.25) is 0 Å². The van der Waals surface area contributed by atoms with Crippen molar-refractivity contribution in [3.8, 4) is 6.07 Å². The topological polar surface area (TPSA) is 78.9 Å². The molecule has 1 fully saturated rings. The van der Waals surface area contributed by atoms with Gasteiger partial charge in [-0.15, -0.1) is 11.8 Å². The first-order valence-corrected chi connectivity index (χ1v) is 6.74. The minimum Gasteiger partial charge on any atom is -0.481 e. The van der Waals surface area contributed by atoms with Crippen molar-refractivity contribution in [1.82, 2.24) is 9.78 Å². The van der Waals surface area contributed by atoms with Crippen LogP contribution < -0.4 is 0 Å². The number of hydrogen-bond donors (Lipinski definition) is 1. The quantitative estimate of drug-likeness (QED) is 0.823. The minimum absolute atomic E-state index is 0.0681. The Morgan fingerprint density at radius 1 is 1.67 bits per heavy atom. The zero-order valence-corrected chi connectivity index (χ0v) is 11.3. The van der Waals surface area contributed by atoms with Gasteiger partial charge in [-0.2, -0.15) is 10.4 Å². The first-order chi connectivity index (χ1) is 8.47. The molecule has 1 aliphatic rings. The third-order valence-corrected chi connectivity index (χ3v) is 4.78. The summed E-state index contributed by atoms with van der Waals surface area (Å²) in [6.07, 6.45) is 2.15. The van der Waals surface area contributed by atoms with Crippen LogP contribution in [0, 0.1) is 23.7 Å². The Hall–Kier alpha value is -1.48. The van der Waals surface area contributed by atoms with Gasteiger partial charge >= 0.3 is 5.97 Å². The molecule has 1 aromatic rings. The molecule has 6 heteroatoms. The van der Waals surface area contributed by atoms with E-state index < -0.39 is 5.97 Å². The number of hydrogen-bond acceptors (Lipinski definition) is 4. The van der Waals surface area contributed by atoms with Gasteiger partial charge in [-0.05, 0) is 25.2 Å². The fourth-order valence-electron chi connectivity index (χ4n) is 2.02. The largest absolute Gasteiger partial charge is 0.481 e. The smallest absolute Gasteiger partial charge is 0.303 e. The average Bonchev–Trinajstić information content (AvgIpc) is 2.96. The summed E-state index contributed by atoms with van der Waals surface area (Å²) < 4.78 is 1.70. The summed E-state index contributed by atoms with van der Waals surface area (Å²) in [4.78, 5) is 10.8. The highest BCUT2D eigenvalue weighted by Gasteiger charge is 2.44. The normalized spacial score (nSPS) is 16.3. The lowest BCUT2D eigenvalue weighted by Gasteiger charge is -2.11. The standard InChI is InChI=1S/C12H15N3O2S/c1-8-9(6-13)11(15(2)14-8)18-7-12(3-4-12)5-10(16)17/h3-5,7H2,1-2H3,(H,16,17). The van der Waals surface area contributed by atoms with Gasteiger partial charge in [0, 0.05) is 12.8 Å². The predicted octanol–water partition coefficient (Wildman–Crippen LogP) is 1.95. The summed E-state index contributed by atoms with van der Waals surface area (Å²) in [6.45, 7) is 1.81. The molecule has 0 aromatic carbocycles. The first-order valence-electron chi connectivity index (χ1n) is 5.76. The number of rotatable bonds is 5. The lowest BCUT2D eigenvalue weighted by atomic mass is 10.1. The molecule has 1 heterocycles. The number of aryl methyl sites for hydroxylation is 2. The Kier molecular flexibility index (Phi) is 3.35. The van der Waals surface area contributed by atoms with Gasteiger partial charge in [-0.25, -0.2) is 0 Å². The van der Waals surface area contributed by atoms with Gasteiger partial charge in [-0.3, -0.25) is 9.48 Å². The van der Waals surface area contributed by atoms with Crippen molar-refractivity contribution in [3.05, 3.63) is 11.3 Å². The molecule has 1 aliphatic carbocycles. The average molecular weight is 265 g/mol. The number of carbonyl (C=O) groups is 1. The van der Waals surface area contributed by atoms with E-state index in [4.69, 9.17) is 10.4 Å². The third-order valence-electron chi connectivity index (χ3n) is 3.28. The third kappa shape index (κ3) is 2.51. The van der Waals surface area contributed by atoms with E-state index in [9.17, 15) is 4.79 Å². The maximum atomic E-state index is 10.8. The summed E-state index contributed by atoms with van der Waals surface area (Å²) in [5, 5.41) is 23.0. The zero-order valence-electron chi connectivity index (χ0n) is 10.4. The van der Waals surface area contributed by atoms with Crippen LogP contribution in [0.5, 0.6) is 0 Å². The van der Waals surface area contributed by atoms with Gasteiger partial charge in [0.25, 0.3) is 0 Å². The number of carboxylic acid groups (broad SMARTS) is 1. The van der Waals surface area contributed by atoms with Crippen molar-refractivity contribution < 1.29 is 9.90 Å². The van der Waals surface area contributed by atoms with Crippen LogP contribution in [-0.4, -0.2) is 26.6 Å². The Bertz CT molecular complexity index is 526. The zero-order chi connectivity index (χ0) is 13.3. The van der Waals surface area contributed by atoms with Crippen molar-refractivity contribution >= 4 is 17.7 Å². The maximum Gasteiger partial charge on any atom is 0.303 e. The van der Waals surface area contributed by atoms with Crippen LogP contribution >= 0.6 is 11.8 Å². The van der Waals surface area contributed by atoms with E-state index in [-0.39, 0.29) is 11.8 Å². The second-order valence-corrected chi connectivity index (χ2v) is 5.82. The van der Waals surface area contributed by atoms with Gasteiger partial charge in [0.15, 0.2) is 0 Å². The molecule has 5 nitrogen and oxygen atoms in total. The molecule has 0 aliphatic heterocycles. The Labute approximate surface area is 110 Å². The van der Waals surface area contributed by atoms with E-state index in [1.165, 1.54) is 0 Å². The molecule has 1 N–H and O–H groups in total. The number of thioether (sulfide) groups is 1. The van der Waals surface area contributed by atoms with Crippen LogP contribution in [-0.2, 0) is 11.8 Å². The Balaban J connectivity index is 2.07. The molecule has 0 unspecified atom stereocenters. The highest BCUT2D eigenvalue weighted by Crippen LogP contribution is 2.52. The lowest BCUT2D eigenvalue weighted by molar-refractivity contribution is -0.138. The molecule has 96 valence electrons. The maximum absolute atomic E-state index is 10.8. The van der Waals surface area contributed by atoms with Crippen molar-refractivity contribution in [1.29, 1.82) is 5.26 Å². The van der Waals surface area contributed by atoms with E-state index in [0.29, 0.717) is 5.56 Å². The molecule has 0 atom stereocenters. The summed E-state index contributed by atoms with van der Waals surface area (Å²) in [5.41, 5.74) is 1.26. The molecular weight excluding hydrogens is 250 g/mol. The second-order valence-electron chi connectivity index (χ2n) is 4.86. The van der Waals surface area contributed by atoms with Crippen LogP contribution in [0.4, 0.5) is 0 Å². The predicted molar refractivity (Wildman–Crippen MR) is 67.3 cm³/mol. The minimum atomic E-state index is -0.741. The van der Waals surface area contributed by atoms with Gasteiger partial charge < -0.3 is 5.11 Å². The summed E-state index contributed by atoms with van der Waals surface area (Å²) >= 11 is 1.55. The van der Waals surface area contributed by atoms with E-state index in [2.05, 4.69) is 11.2 Å². The van der Waals surface area contributed by atoms with Gasteiger partial charge in [-0.1, -0.05) is 0 Å². The van der Waals surface area contributed by atoms with Gasteiger partial charge in [0.05, 0.1) is 12.1 Å². The van der Waals surface area contributed by atoms with E-state index >= 15 is 0 Å². The first kappa shape index (κ1) is 13.0. The molecule has 1 saturated carbocycles. The highest BCUT2D eigenvalue weighted by atomic mass is 32.2. The van der Waals surface area contributed by atoms with Crippen LogP contribution in [0.3, 0.4) is 0 Å². The molecular formula is C12H15N3O2S. The SMILES string of the molecule is Cc1nn(C)c(SCC2(CC(=O)O)CC2)c1C#N. The molecule has 2 rings (SSSR count). The fourth-order valence-corrected chi connectivity index (χ4v) is 3.42. The van der Waals surface area contributed by atoms with E-state index in [0.717, 1.165) is 29.3 Å². The summed E-state index contributed by atoms with van der Waals surface area (Å²) in [7, 11) is 1.81. The molecule has 1 aromatic heterocycles. The van der Waals surface area contributed by atoms with Crippen LogP contribution in [0.15, 0.2) is 5.03 Å². The van der Waals surface area contributed by atoms with Crippen LogP contribution in [0.1, 0.15) is 30.5 Å². The Morgan fingerprint density at radius 3 is 2.83 bits per heavy atom. The number of nitriles is 1. The van der Waals surface area contributed by atoms with Crippen molar-refractivity contribution in [2.45, 2.75) is 31.2 Å². The van der Waals surface area contributed by atoms with Crippen molar-refractivity contribution in [2.75, 3.05) is 5.75 Å². The van der Waals surface area contributed by atoms with Crippen LogP contribution in [0.25, 0.3) is 0 Å². The molecule has 0 bridgehead atoms. The monoisotopic (exact) mass is 265 g/mol. The summed E-state index contributed by atoms with van der Waals surface area (Å²) in [5.74, 6) is 0.00208. The second kappa shape index (κ2) is 4.65. The fraction of sp³-hybridized carbons (Fsp3) is 0.583. The van der Waals surface area contributed by atoms with Crippen molar-refractivity contribution in [2.24, 2.45) is 12.5 Å². The Morgan fingerprint density at radius 2 is 2.33 bits per heavy atom. The van der Waals surface area contributed by atoms with Crippen LogP contribution in [0.2, 0.25) is 0 Å². The molecule has 0 radical (unpaired) electrons. The molecule has 0 amide bonds. The molecule has 0 saturated heterocycles. The van der Waals surface area contributed by atoms with Gasteiger partial charge in [0.1, 0.15) is 16.7 Å². The number of aromatic nitrogens is 2. The lowest BCUT2D eigenvalue weighted by Crippen LogP contribution is -2.11. The number of carboxylic acids is 1. The molecule has 18 heavy (non-hydrogen) atoms.